The molecule has 1 fully saturated rings. The molecule has 0 unspecified atom stereocenters. The average Bonchev–Trinajstić information content (AvgIpc) is 3.14. The van der Waals surface area contributed by atoms with Crippen molar-refractivity contribution in [3.8, 4) is 0 Å². The maximum Gasteiger partial charge on any atom is 0.418 e. The molecule has 20 heavy (non-hydrogen) atoms. The van der Waals surface area contributed by atoms with Crippen molar-refractivity contribution >= 4 is 23.3 Å². The maximum absolute atomic E-state index is 12.8. The Morgan fingerprint density at radius 1 is 1.35 bits per heavy atom. The third kappa shape index (κ3) is 4.16. The van der Waals surface area contributed by atoms with Crippen molar-refractivity contribution in [3.05, 3.63) is 41.1 Å². The Labute approximate surface area is 118 Å². The molecule has 2 N–H and O–H groups in total. The number of nitrogens with one attached hydrogen (secondary N) is 2. The van der Waals surface area contributed by atoms with Gasteiger partial charge in [0, 0.05) is 11.2 Å². The number of hydrogen-bond donors (Lipinski definition) is 2. The largest absolute Gasteiger partial charge is 0.418 e. The fraction of sp³-hybridized carbons (Fsp3) is 0.308. The summed E-state index contributed by atoms with van der Waals surface area (Å²) in [5.74, 6) is 0.469. The van der Waals surface area contributed by atoms with Gasteiger partial charge >= 0.3 is 12.2 Å². The van der Waals surface area contributed by atoms with E-state index in [1.807, 2.05) is 6.08 Å². The number of halogens is 4. The SMILES string of the molecule is O=C(N/C=C/C1CC1)Nc1ccc(Cl)cc1C(F)(F)F. The van der Waals surface area contributed by atoms with Gasteiger partial charge in [0.1, 0.15) is 0 Å². The number of urea groups is 1. The predicted molar refractivity (Wildman–Crippen MR) is 70.5 cm³/mol. The molecule has 0 bridgehead atoms. The van der Waals surface area contributed by atoms with Gasteiger partial charge in [-0.2, -0.15) is 13.2 Å². The van der Waals surface area contributed by atoms with Crippen molar-refractivity contribution in [1.82, 2.24) is 5.32 Å². The standard InChI is InChI=1S/C13H12ClF3N2O/c14-9-3-4-11(10(7-9)13(15,16)17)19-12(20)18-6-5-8-1-2-8/h3-8H,1-2H2,(H2,18,19,20)/b6-5+. The summed E-state index contributed by atoms with van der Waals surface area (Å²) in [4.78, 5) is 11.5. The molecule has 0 spiro atoms. The van der Waals surface area contributed by atoms with Gasteiger partial charge in [-0.1, -0.05) is 17.7 Å². The summed E-state index contributed by atoms with van der Waals surface area (Å²) < 4.78 is 38.4. The average molecular weight is 305 g/mol. The first-order valence-electron chi connectivity index (χ1n) is 5.97. The van der Waals surface area contributed by atoms with Gasteiger partial charge in [-0.25, -0.2) is 4.79 Å². The Hall–Kier alpha value is -1.69. The minimum absolute atomic E-state index is 0.0445. The van der Waals surface area contributed by atoms with Gasteiger partial charge in [0.2, 0.25) is 0 Å². The summed E-state index contributed by atoms with van der Waals surface area (Å²) in [6.45, 7) is 0. The van der Waals surface area contributed by atoms with Gasteiger partial charge in [0.05, 0.1) is 11.3 Å². The quantitative estimate of drug-likeness (QED) is 0.853. The van der Waals surface area contributed by atoms with Gasteiger partial charge in [0.25, 0.3) is 0 Å². The Balaban J connectivity index is 2.05. The summed E-state index contributed by atoms with van der Waals surface area (Å²) in [7, 11) is 0. The van der Waals surface area contributed by atoms with Gasteiger partial charge in [-0.15, -0.1) is 0 Å². The van der Waals surface area contributed by atoms with E-state index in [0.29, 0.717) is 5.92 Å². The molecule has 2 amide bonds. The van der Waals surface area contributed by atoms with Crippen molar-refractivity contribution in [2.24, 2.45) is 5.92 Å². The van der Waals surface area contributed by atoms with Gasteiger partial charge in [-0.3, -0.25) is 0 Å². The fourth-order valence-corrected chi connectivity index (χ4v) is 1.74. The zero-order valence-corrected chi connectivity index (χ0v) is 11.1. The van der Waals surface area contributed by atoms with Crippen molar-refractivity contribution in [2.75, 3.05) is 5.32 Å². The van der Waals surface area contributed by atoms with Crippen LogP contribution in [0.4, 0.5) is 23.7 Å². The van der Waals surface area contributed by atoms with E-state index in [4.69, 9.17) is 11.6 Å². The summed E-state index contributed by atoms with van der Waals surface area (Å²) in [5, 5.41) is 4.48. The smallest absolute Gasteiger partial charge is 0.315 e. The molecule has 0 radical (unpaired) electrons. The molecule has 1 aromatic rings. The molecule has 0 saturated heterocycles. The molecule has 7 heteroatoms. The Kier molecular flexibility index (Phi) is 4.23. The minimum atomic E-state index is -4.59. The lowest BCUT2D eigenvalue weighted by molar-refractivity contribution is -0.136. The number of hydrogen-bond acceptors (Lipinski definition) is 1. The summed E-state index contributed by atoms with van der Waals surface area (Å²) >= 11 is 5.55. The van der Waals surface area contributed by atoms with Crippen molar-refractivity contribution < 1.29 is 18.0 Å². The molecule has 1 saturated carbocycles. The highest BCUT2D eigenvalue weighted by Crippen LogP contribution is 2.36. The van der Waals surface area contributed by atoms with Crippen molar-refractivity contribution in [2.45, 2.75) is 19.0 Å². The molecular formula is C13H12ClF3N2O. The molecule has 1 aromatic carbocycles. The Morgan fingerprint density at radius 3 is 2.65 bits per heavy atom. The third-order valence-electron chi connectivity index (χ3n) is 2.74. The maximum atomic E-state index is 12.8. The second-order valence-electron chi connectivity index (χ2n) is 4.48. The van der Waals surface area contributed by atoms with Crippen LogP contribution in [-0.2, 0) is 6.18 Å². The lowest BCUT2D eigenvalue weighted by Gasteiger charge is -2.13. The lowest BCUT2D eigenvalue weighted by atomic mass is 10.1. The third-order valence-corrected chi connectivity index (χ3v) is 2.98. The van der Waals surface area contributed by atoms with Crippen LogP contribution in [0.2, 0.25) is 5.02 Å². The van der Waals surface area contributed by atoms with E-state index in [2.05, 4.69) is 10.6 Å². The molecule has 108 valence electrons. The number of amides is 2. The normalized spacial score (nSPS) is 15.4. The van der Waals surface area contributed by atoms with E-state index in [1.165, 1.54) is 12.3 Å². The van der Waals surface area contributed by atoms with E-state index >= 15 is 0 Å². The number of anilines is 1. The number of alkyl halides is 3. The monoisotopic (exact) mass is 304 g/mol. The minimum Gasteiger partial charge on any atom is -0.315 e. The first kappa shape index (κ1) is 14.7. The highest BCUT2D eigenvalue weighted by molar-refractivity contribution is 6.30. The van der Waals surface area contributed by atoms with Crippen LogP contribution in [0.1, 0.15) is 18.4 Å². The fourth-order valence-electron chi connectivity index (χ4n) is 1.57. The van der Waals surface area contributed by atoms with Crippen LogP contribution in [0.15, 0.2) is 30.5 Å². The molecule has 3 nitrogen and oxygen atoms in total. The molecule has 0 heterocycles. The second kappa shape index (κ2) is 5.75. The molecule has 1 aliphatic rings. The van der Waals surface area contributed by atoms with Crippen molar-refractivity contribution in [3.63, 3.8) is 0 Å². The van der Waals surface area contributed by atoms with Crippen LogP contribution in [0.5, 0.6) is 0 Å². The molecular weight excluding hydrogens is 293 g/mol. The number of benzene rings is 1. The topological polar surface area (TPSA) is 41.1 Å². The van der Waals surface area contributed by atoms with E-state index in [0.717, 1.165) is 25.0 Å². The molecule has 0 aliphatic heterocycles. The van der Waals surface area contributed by atoms with E-state index in [9.17, 15) is 18.0 Å². The van der Waals surface area contributed by atoms with E-state index in [1.54, 1.807) is 0 Å². The highest BCUT2D eigenvalue weighted by atomic mass is 35.5. The number of allylic oxidation sites excluding steroid dienone is 1. The van der Waals surface area contributed by atoms with Crippen LogP contribution in [0, 0.1) is 5.92 Å². The number of carbonyl (C=O) groups is 1. The highest BCUT2D eigenvalue weighted by Gasteiger charge is 2.34. The predicted octanol–water partition coefficient (Wildman–Crippen LogP) is 4.40. The van der Waals surface area contributed by atoms with Crippen LogP contribution in [-0.4, -0.2) is 6.03 Å². The van der Waals surface area contributed by atoms with Crippen LogP contribution in [0.3, 0.4) is 0 Å². The lowest BCUT2D eigenvalue weighted by Crippen LogP contribution is -2.25. The van der Waals surface area contributed by atoms with E-state index in [-0.39, 0.29) is 10.7 Å². The first-order chi connectivity index (χ1) is 9.36. The Morgan fingerprint density at radius 2 is 2.05 bits per heavy atom. The summed E-state index contributed by atoms with van der Waals surface area (Å²) in [6.07, 6.45) is 0.823. The first-order valence-corrected chi connectivity index (χ1v) is 6.35. The molecule has 2 rings (SSSR count). The zero-order chi connectivity index (χ0) is 14.8. The van der Waals surface area contributed by atoms with E-state index < -0.39 is 17.8 Å². The van der Waals surface area contributed by atoms with Crippen molar-refractivity contribution in [1.29, 1.82) is 0 Å². The number of rotatable bonds is 3. The van der Waals surface area contributed by atoms with Gasteiger partial charge in [-0.05, 0) is 37.0 Å². The zero-order valence-electron chi connectivity index (χ0n) is 10.3. The number of carbonyl (C=O) groups excluding carboxylic acids is 1. The summed E-state index contributed by atoms with van der Waals surface area (Å²) in [6, 6.07) is 2.45. The van der Waals surface area contributed by atoms with Crippen LogP contribution in [0.25, 0.3) is 0 Å². The van der Waals surface area contributed by atoms with Crippen LogP contribution >= 0.6 is 11.6 Å². The van der Waals surface area contributed by atoms with Gasteiger partial charge < -0.3 is 10.6 Å². The molecule has 0 atom stereocenters. The molecule has 0 aromatic heterocycles. The Bertz CT molecular complexity index is 539. The van der Waals surface area contributed by atoms with Crippen LogP contribution < -0.4 is 10.6 Å². The summed E-state index contributed by atoms with van der Waals surface area (Å²) in [5.41, 5.74) is -1.31. The van der Waals surface area contributed by atoms with Gasteiger partial charge in [0.15, 0.2) is 0 Å². The second-order valence-corrected chi connectivity index (χ2v) is 4.92. The molecule has 1 aliphatic carbocycles.